The van der Waals surface area contributed by atoms with Crippen LogP contribution in [0.25, 0.3) is 10.2 Å². The Labute approximate surface area is 308 Å². The fourth-order valence-corrected chi connectivity index (χ4v) is 8.93. The second-order valence-corrected chi connectivity index (χ2v) is 21.3. The van der Waals surface area contributed by atoms with E-state index in [1.807, 2.05) is 61.5 Å². The topological polar surface area (TPSA) is 70.0 Å². The molecule has 6 rings (SSSR count). The molecular formula is C43H53NO5SSi. The summed E-state index contributed by atoms with van der Waals surface area (Å²) in [6, 6.07) is 32.7. The molecule has 8 heteroatoms. The van der Waals surface area contributed by atoms with E-state index < -0.39 is 32.4 Å². The van der Waals surface area contributed by atoms with Crippen molar-refractivity contribution in [1.82, 2.24) is 4.98 Å². The highest BCUT2D eigenvalue weighted by atomic mass is 32.1. The largest absolute Gasteiger partial charge is 0.403 e. The maximum Gasteiger partial charge on any atom is 0.222 e. The molecule has 1 N–H and O–H groups in total. The van der Waals surface area contributed by atoms with Gasteiger partial charge in [-0.05, 0) is 84.4 Å². The van der Waals surface area contributed by atoms with Crippen LogP contribution in [-0.2, 0) is 37.6 Å². The van der Waals surface area contributed by atoms with Crippen molar-refractivity contribution in [3.63, 3.8) is 0 Å². The normalized spacial score (nSPS) is 21.9. The van der Waals surface area contributed by atoms with E-state index in [1.165, 1.54) is 0 Å². The summed E-state index contributed by atoms with van der Waals surface area (Å²) in [7, 11) is -2.30. The molecular weight excluding hydrogens is 671 g/mol. The first-order chi connectivity index (χ1) is 24.3. The van der Waals surface area contributed by atoms with Gasteiger partial charge in [-0.1, -0.05) is 107 Å². The van der Waals surface area contributed by atoms with Crippen LogP contribution >= 0.6 is 11.3 Å². The van der Waals surface area contributed by atoms with Crippen molar-refractivity contribution < 1.29 is 23.7 Å². The standard InChI is InChI=1S/C43H53NO5SSi/c1-9-33-25-37(46-27-31-18-12-10-13-19-31)40(47-28-32-20-14-11-15-21-32)43(45,48-33)35-26-34(29(2)24-30(35)3)39(49-51(7,8)42(4,5)6)41-44-36-22-16-17-23-38(36)50-41/h10-24,26,33,37,39-40,45H,9,25,27-28H2,1-8H3/t33-,37+,39?,40-,43?/m1/s1. The first-order valence-electron chi connectivity index (χ1n) is 18.1. The van der Waals surface area contributed by atoms with Gasteiger partial charge in [0.05, 0.1) is 35.6 Å². The lowest BCUT2D eigenvalue weighted by Gasteiger charge is -2.47. The molecule has 0 saturated carbocycles. The summed E-state index contributed by atoms with van der Waals surface area (Å²) in [5, 5.41) is 14.0. The Morgan fingerprint density at radius 3 is 2.10 bits per heavy atom. The van der Waals surface area contributed by atoms with Gasteiger partial charge in [0.1, 0.15) is 17.2 Å². The van der Waals surface area contributed by atoms with Gasteiger partial charge in [0.25, 0.3) is 0 Å². The number of hydrogen-bond donors (Lipinski definition) is 1. The number of hydrogen-bond acceptors (Lipinski definition) is 7. The maximum absolute atomic E-state index is 13.1. The number of nitrogens with zero attached hydrogens (tertiary/aromatic N) is 1. The molecule has 0 aliphatic carbocycles. The highest BCUT2D eigenvalue weighted by Crippen LogP contribution is 2.47. The van der Waals surface area contributed by atoms with Crippen LogP contribution < -0.4 is 0 Å². The molecule has 0 bridgehead atoms. The van der Waals surface area contributed by atoms with Crippen LogP contribution in [0.2, 0.25) is 18.1 Å². The molecule has 5 atom stereocenters. The summed E-state index contributed by atoms with van der Waals surface area (Å²) >= 11 is 1.67. The average molecular weight is 724 g/mol. The molecule has 6 nitrogen and oxygen atoms in total. The fourth-order valence-electron chi connectivity index (χ4n) is 6.64. The Morgan fingerprint density at radius 1 is 0.882 bits per heavy atom. The third-order valence-corrected chi connectivity index (χ3v) is 16.2. The van der Waals surface area contributed by atoms with Crippen LogP contribution in [0.4, 0.5) is 0 Å². The molecule has 2 heterocycles. The van der Waals surface area contributed by atoms with Crippen LogP contribution in [0.15, 0.2) is 97.1 Å². The van der Waals surface area contributed by atoms with Gasteiger partial charge in [-0.15, -0.1) is 11.3 Å². The van der Waals surface area contributed by atoms with Gasteiger partial charge in [0, 0.05) is 12.0 Å². The van der Waals surface area contributed by atoms with Crippen LogP contribution in [0, 0.1) is 13.8 Å². The number of aromatic nitrogens is 1. The highest BCUT2D eigenvalue weighted by Gasteiger charge is 2.53. The summed E-state index contributed by atoms with van der Waals surface area (Å²) in [6.07, 6.45) is -0.567. The Hall–Kier alpha value is -3.21. The minimum absolute atomic E-state index is 0.0257. The maximum atomic E-state index is 13.1. The zero-order chi connectivity index (χ0) is 36.4. The zero-order valence-corrected chi connectivity index (χ0v) is 33.1. The number of rotatable bonds is 12. The molecule has 1 aliphatic heterocycles. The molecule has 1 aliphatic rings. The van der Waals surface area contributed by atoms with E-state index in [-0.39, 0.29) is 11.1 Å². The van der Waals surface area contributed by atoms with E-state index in [2.05, 4.69) is 90.2 Å². The molecule has 270 valence electrons. The van der Waals surface area contributed by atoms with Crippen LogP contribution in [-0.4, -0.2) is 36.7 Å². The van der Waals surface area contributed by atoms with E-state index in [1.54, 1.807) is 11.3 Å². The molecule has 1 aromatic heterocycles. The smallest absolute Gasteiger partial charge is 0.222 e. The van der Waals surface area contributed by atoms with Crippen molar-refractivity contribution in [3.8, 4) is 0 Å². The number of thiazole rings is 1. The third-order valence-electron chi connectivity index (χ3n) is 10.6. The number of fused-ring (bicyclic) bond motifs is 1. The van der Waals surface area contributed by atoms with Crippen molar-refractivity contribution >= 4 is 29.9 Å². The predicted octanol–water partition coefficient (Wildman–Crippen LogP) is 10.5. The van der Waals surface area contributed by atoms with Crippen molar-refractivity contribution in [2.45, 2.75) is 116 Å². The molecule has 0 amide bonds. The van der Waals surface area contributed by atoms with Gasteiger partial charge in [-0.2, -0.15) is 0 Å². The van der Waals surface area contributed by atoms with Crippen molar-refractivity contribution in [3.05, 3.63) is 135 Å². The van der Waals surface area contributed by atoms with Gasteiger partial charge in [0.15, 0.2) is 8.32 Å². The number of benzene rings is 4. The molecule has 1 fully saturated rings. The van der Waals surface area contributed by atoms with Gasteiger partial charge in [-0.3, -0.25) is 0 Å². The Kier molecular flexibility index (Phi) is 11.3. The van der Waals surface area contributed by atoms with Crippen LogP contribution in [0.5, 0.6) is 0 Å². The molecule has 5 aromatic rings. The second-order valence-electron chi connectivity index (χ2n) is 15.4. The van der Waals surface area contributed by atoms with E-state index in [9.17, 15) is 5.11 Å². The second kappa shape index (κ2) is 15.4. The fraction of sp³-hybridized carbons (Fsp3) is 0.419. The van der Waals surface area contributed by atoms with Crippen molar-refractivity contribution in [2.24, 2.45) is 0 Å². The molecule has 0 spiro atoms. The summed E-state index contributed by atoms with van der Waals surface area (Å²) in [6.45, 7) is 18.3. The quantitative estimate of drug-likeness (QED) is 0.129. The van der Waals surface area contributed by atoms with E-state index >= 15 is 0 Å². The lowest BCUT2D eigenvalue weighted by atomic mass is 9.84. The van der Waals surface area contributed by atoms with Gasteiger partial charge in [0.2, 0.25) is 5.79 Å². The highest BCUT2D eigenvalue weighted by molar-refractivity contribution is 7.18. The molecule has 4 aromatic carbocycles. The van der Waals surface area contributed by atoms with Crippen molar-refractivity contribution in [2.75, 3.05) is 0 Å². The third kappa shape index (κ3) is 8.23. The van der Waals surface area contributed by atoms with E-state index in [0.29, 0.717) is 25.2 Å². The summed E-state index contributed by atoms with van der Waals surface area (Å²) in [5.74, 6) is -1.79. The van der Waals surface area contributed by atoms with Gasteiger partial charge < -0.3 is 23.7 Å². The molecule has 0 radical (unpaired) electrons. The van der Waals surface area contributed by atoms with Crippen LogP contribution in [0.3, 0.4) is 0 Å². The Morgan fingerprint density at radius 2 is 1.49 bits per heavy atom. The Balaban J connectivity index is 1.47. The number of aliphatic hydroxyl groups is 1. The number of ether oxygens (including phenoxy) is 3. The van der Waals surface area contributed by atoms with Crippen LogP contribution in [0.1, 0.15) is 85.0 Å². The number of aryl methyl sites for hydroxylation is 2. The molecule has 51 heavy (non-hydrogen) atoms. The Bertz CT molecular complexity index is 1870. The van der Waals surface area contributed by atoms with Crippen molar-refractivity contribution in [1.29, 1.82) is 0 Å². The minimum Gasteiger partial charge on any atom is -0.403 e. The average Bonchev–Trinajstić information content (AvgIpc) is 3.54. The summed E-state index contributed by atoms with van der Waals surface area (Å²) < 4.78 is 28.6. The SMILES string of the molecule is CC[C@@H]1C[C@H](OCc2ccccc2)[C@@H](OCc2ccccc2)C(O)(c2cc(C(O[Si](C)(C)C(C)(C)C)c3nc4ccccc4s3)c(C)cc2C)O1. The van der Waals surface area contributed by atoms with Gasteiger partial charge >= 0.3 is 0 Å². The van der Waals surface area contributed by atoms with Gasteiger partial charge in [-0.25, -0.2) is 4.98 Å². The van der Waals surface area contributed by atoms with E-state index in [0.717, 1.165) is 49.5 Å². The predicted molar refractivity (Wildman–Crippen MR) is 209 cm³/mol. The first-order valence-corrected chi connectivity index (χ1v) is 21.9. The zero-order valence-electron chi connectivity index (χ0n) is 31.3. The molecule has 2 unspecified atom stereocenters. The monoisotopic (exact) mass is 723 g/mol. The number of para-hydroxylation sites is 1. The first kappa shape index (κ1) is 37.5. The minimum atomic E-state index is -2.30. The summed E-state index contributed by atoms with van der Waals surface area (Å²) in [4.78, 5) is 5.12. The van der Waals surface area contributed by atoms with E-state index in [4.69, 9.17) is 23.6 Å². The lowest BCUT2D eigenvalue weighted by molar-refractivity contribution is -0.347. The summed E-state index contributed by atoms with van der Waals surface area (Å²) in [5.41, 5.74) is 6.66. The lowest BCUT2D eigenvalue weighted by Crippen LogP contribution is -2.58. The molecule has 1 saturated heterocycles.